The largest absolute Gasteiger partial charge is 0.481 e. The number of unbranched alkanes of at least 4 members (excludes halogenated alkanes) is 25. The van der Waals surface area contributed by atoms with E-state index in [-0.39, 0.29) is 0 Å². The van der Waals surface area contributed by atoms with E-state index < -0.39 is 23.8 Å². The normalized spacial score (nSPS) is 13.1. The lowest BCUT2D eigenvalue weighted by Gasteiger charge is -2.20. The molecule has 2 N–H and O–H groups in total. The third-order valence-electron chi connectivity index (χ3n) is 9.02. The number of aliphatic carboxylic acids is 2. The van der Waals surface area contributed by atoms with Gasteiger partial charge in [0.1, 0.15) is 0 Å². The van der Waals surface area contributed by atoms with Crippen LogP contribution in [0, 0.1) is 11.8 Å². The molecule has 0 saturated heterocycles. The Morgan fingerprint density at radius 2 is 0.643 bits per heavy atom. The van der Waals surface area contributed by atoms with Gasteiger partial charge < -0.3 is 10.2 Å². The monoisotopic (exact) mass is 593 g/mol. The van der Waals surface area contributed by atoms with Crippen LogP contribution in [0.4, 0.5) is 0 Å². The second-order valence-corrected chi connectivity index (χ2v) is 13.0. The van der Waals surface area contributed by atoms with Crippen LogP contribution in [0.3, 0.4) is 0 Å². The van der Waals surface area contributed by atoms with Gasteiger partial charge in [0.15, 0.2) is 0 Å². The molecule has 0 fully saturated rings. The fourth-order valence-corrected chi connectivity index (χ4v) is 6.16. The predicted molar refractivity (Wildman–Crippen MR) is 181 cm³/mol. The number of carboxylic acids is 2. The van der Waals surface area contributed by atoms with Crippen molar-refractivity contribution < 1.29 is 19.8 Å². The van der Waals surface area contributed by atoms with E-state index in [1.54, 1.807) is 0 Å². The van der Waals surface area contributed by atoms with Gasteiger partial charge in [-0.1, -0.05) is 180 Å². The van der Waals surface area contributed by atoms with Gasteiger partial charge in [-0.3, -0.25) is 9.59 Å². The highest BCUT2D eigenvalue weighted by Gasteiger charge is 2.32. The third-order valence-corrected chi connectivity index (χ3v) is 9.02. The Balaban J connectivity index is 3.83. The standard InChI is InChI=1S/C38H72O4/c1-3-5-7-9-11-13-15-17-19-20-22-24-26-28-30-32-34-36(38(41)42)35(37(39)40)33-31-29-27-25-23-21-18-16-14-12-10-8-6-4-2/h18,21,35-36H,3-17,19-20,22-34H2,1-2H3,(H,39,40)(H,41,42)/b21-18-. The number of hydrogen-bond acceptors (Lipinski definition) is 2. The molecule has 0 spiro atoms. The van der Waals surface area contributed by atoms with Crippen molar-refractivity contribution in [2.24, 2.45) is 11.8 Å². The molecule has 0 aromatic carbocycles. The van der Waals surface area contributed by atoms with Gasteiger partial charge >= 0.3 is 11.9 Å². The Bertz CT molecular complexity index is 614. The molecule has 0 aromatic rings. The number of rotatable bonds is 34. The Morgan fingerprint density at radius 3 is 0.905 bits per heavy atom. The van der Waals surface area contributed by atoms with Crippen LogP contribution in [-0.2, 0) is 9.59 Å². The molecule has 0 aliphatic rings. The van der Waals surface area contributed by atoms with Crippen LogP contribution >= 0.6 is 0 Å². The smallest absolute Gasteiger partial charge is 0.307 e. The van der Waals surface area contributed by atoms with Gasteiger partial charge in [0.25, 0.3) is 0 Å². The summed E-state index contributed by atoms with van der Waals surface area (Å²) in [5, 5.41) is 19.5. The molecule has 0 heterocycles. The van der Waals surface area contributed by atoms with Crippen molar-refractivity contribution >= 4 is 11.9 Å². The van der Waals surface area contributed by atoms with Crippen LogP contribution in [0.5, 0.6) is 0 Å². The Morgan fingerprint density at radius 1 is 0.405 bits per heavy atom. The molecule has 2 atom stereocenters. The van der Waals surface area contributed by atoms with Gasteiger partial charge in [-0.05, 0) is 38.5 Å². The molecule has 4 heteroatoms. The minimum absolute atomic E-state index is 0.485. The van der Waals surface area contributed by atoms with Gasteiger partial charge in [-0.25, -0.2) is 0 Å². The van der Waals surface area contributed by atoms with Crippen LogP contribution in [0.25, 0.3) is 0 Å². The Hall–Kier alpha value is -1.32. The summed E-state index contributed by atoms with van der Waals surface area (Å²) in [7, 11) is 0. The van der Waals surface area contributed by atoms with Gasteiger partial charge in [0, 0.05) is 0 Å². The molecule has 0 saturated carbocycles. The van der Waals surface area contributed by atoms with E-state index in [1.165, 1.54) is 128 Å². The van der Waals surface area contributed by atoms with E-state index in [0.717, 1.165) is 51.4 Å². The summed E-state index contributed by atoms with van der Waals surface area (Å²) in [4.78, 5) is 23.8. The second-order valence-electron chi connectivity index (χ2n) is 13.0. The minimum atomic E-state index is -0.934. The summed E-state index contributed by atoms with van der Waals surface area (Å²) in [6, 6.07) is 0. The summed E-state index contributed by atoms with van der Waals surface area (Å²) in [5.41, 5.74) is 0. The lowest BCUT2D eigenvalue weighted by Crippen LogP contribution is -2.30. The molecule has 0 amide bonds. The summed E-state index contributed by atoms with van der Waals surface area (Å²) < 4.78 is 0. The first kappa shape index (κ1) is 40.7. The Kier molecular flexibility index (Phi) is 31.6. The molecule has 0 aromatic heterocycles. The van der Waals surface area contributed by atoms with E-state index >= 15 is 0 Å². The fourth-order valence-electron chi connectivity index (χ4n) is 6.16. The maximum absolute atomic E-state index is 11.9. The van der Waals surface area contributed by atoms with Crippen molar-refractivity contribution in [1.82, 2.24) is 0 Å². The van der Waals surface area contributed by atoms with E-state index in [2.05, 4.69) is 26.0 Å². The second kappa shape index (κ2) is 32.6. The topological polar surface area (TPSA) is 74.6 Å². The molecule has 0 rings (SSSR count). The van der Waals surface area contributed by atoms with E-state index in [9.17, 15) is 19.8 Å². The zero-order valence-corrected chi connectivity index (χ0v) is 28.2. The molecule has 4 nitrogen and oxygen atoms in total. The SMILES string of the molecule is CCCCCCCC/C=C\CCCCCCC(C(=O)O)C(CCCCCCCCCCCCCCCCCC)C(=O)O. The van der Waals surface area contributed by atoms with Gasteiger partial charge in [0.2, 0.25) is 0 Å². The molecule has 248 valence electrons. The highest BCUT2D eigenvalue weighted by molar-refractivity contribution is 5.79. The highest BCUT2D eigenvalue weighted by Crippen LogP contribution is 2.26. The van der Waals surface area contributed by atoms with Crippen molar-refractivity contribution in [1.29, 1.82) is 0 Å². The first-order valence-corrected chi connectivity index (χ1v) is 18.6. The highest BCUT2D eigenvalue weighted by atomic mass is 16.4. The van der Waals surface area contributed by atoms with Crippen molar-refractivity contribution in [3.05, 3.63) is 12.2 Å². The van der Waals surface area contributed by atoms with Crippen LogP contribution in [0.2, 0.25) is 0 Å². The summed E-state index contributed by atoms with van der Waals surface area (Å²) >= 11 is 0. The summed E-state index contributed by atoms with van der Waals surface area (Å²) in [5.74, 6) is -3.37. The minimum Gasteiger partial charge on any atom is -0.481 e. The van der Waals surface area contributed by atoms with Gasteiger partial charge in [0.05, 0.1) is 11.8 Å². The van der Waals surface area contributed by atoms with Crippen LogP contribution in [0.1, 0.15) is 206 Å². The van der Waals surface area contributed by atoms with Crippen molar-refractivity contribution in [2.45, 2.75) is 206 Å². The molecule has 0 aliphatic carbocycles. The van der Waals surface area contributed by atoms with Crippen LogP contribution in [-0.4, -0.2) is 22.2 Å². The number of carbonyl (C=O) groups is 2. The maximum Gasteiger partial charge on any atom is 0.307 e. The average molecular weight is 593 g/mol. The van der Waals surface area contributed by atoms with E-state index in [4.69, 9.17) is 0 Å². The third kappa shape index (κ3) is 27.5. The zero-order valence-electron chi connectivity index (χ0n) is 28.2. The first-order chi connectivity index (χ1) is 20.5. The van der Waals surface area contributed by atoms with Gasteiger partial charge in [-0.15, -0.1) is 0 Å². The first-order valence-electron chi connectivity index (χ1n) is 18.6. The van der Waals surface area contributed by atoms with Crippen molar-refractivity contribution in [3.63, 3.8) is 0 Å². The zero-order chi connectivity index (χ0) is 30.9. The summed E-state index contributed by atoms with van der Waals surface area (Å²) in [6.07, 6.45) is 40.5. The quantitative estimate of drug-likeness (QED) is 0.0575. The number of allylic oxidation sites excluding steroid dienone is 2. The number of hydrogen-bond donors (Lipinski definition) is 2. The van der Waals surface area contributed by atoms with E-state index in [0.29, 0.717) is 12.8 Å². The lowest BCUT2D eigenvalue weighted by atomic mass is 9.84. The average Bonchev–Trinajstić information content (AvgIpc) is 2.97. The van der Waals surface area contributed by atoms with Crippen molar-refractivity contribution in [3.8, 4) is 0 Å². The fraction of sp³-hybridized carbons (Fsp3) is 0.895. The van der Waals surface area contributed by atoms with Gasteiger partial charge in [-0.2, -0.15) is 0 Å². The molecule has 0 aliphatic heterocycles. The lowest BCUT2D eigenvalue weighted by molar-refractivity contribution is -0.154. The van der Waals surface area contributed by atoms with Crippen LogP contribution in [0.15, 0.2) is 12.2 Å². The molecule has 2 unspecified atom stereocenters. The Labute approximate surface area is 261 Å². The summed E-state index contributed by atoms with van der Waals surface area (Å²) in [6.45, 7) is 4.52. The molecule has 42 heavy (non-hydrogen) atoms. The predicted octanol–water partition coefficient (Wildman–Crippen LogP) is 12.7. The number of carboxylic acid groups (broad SMARTS) is 2. The molecule has 0 bridgehead atoms. The molecular formula is C38H72O4. The van der Waals surface area contributed by atoms with Crippen molar-refractivity contribution in [2.75, 3.05) is 0 Å². The van der Waals surface area contributed by atoms with Crippen LogP contribution < -0.4 is 0 Å². The molecule has 0 radical (unpaired) electrons. The van der Waals surface area contributed by atoms with E-state index in [1.807, 2.05) is 0 Å². The maximum atomic E-state index is 11.9. The molecular weight excluding hydrogens is 520 g/mol.